The first-order valence-corrected chi connectivity index (χ1v) is 12.5. The summed E-state index contributed by atoms with van der Waals surface area (Å²) in [4.78, 5) is 25.8. The molecule has 0 amide bonds. The minimum Gasteiger partial charge on any atom is -0.340 e. The third-order valence-electron chi connectivity index (χ3n) is 6.68. The van der Waals surface area contributed by atoms with E-state index >= 15 is 0 Å². The van der Waals surface area contributed by atoms with E-state index in [-0.39, 0.29) is 5.56 Å². The second-order valence-electron chi connectivity index (χ2n) is 9.01. The molecule has 2 aliphatic rings. The van der Waals surface area contributed by atoms with Crippen LogP contribution in [0.5, 0.6) is 0 Å². The molecule has 0 radical (unpaired) electrons. The van der Waals surface area contributed by atoms with Crippen LogP contribution in [0.15, 0.2) is 29.1 Å². The normalized spacial score (nSPS) is 17.3. The van der Waals surface area contributed by atoms with Crippen molar-refractivity contribution in [1.29, 1.82) is 0 Å². The van der Waals surface area contributed by atoms with E-state index in [4.69, 9.17) is 4.98 Å². The topological polar surface area (TPSA) is 41.4 Å². The number of benzene rings is 1. The molecule has 0 unspecified atom stereocenters. The molecule has 2 aromatic heterocycles. The largest absolute Gasteiger partial charge is 0.340 e. The van der Waals surface area contributed by atoms with Crippen molar-refractivity contribution in [2.45, 2.75) is 59.0 Å². The molecule has 164 valence electrons. The Kier molecular flexibility index (Phi) is 5.85. The quantitative estimate of drug-likeness (QED) is 0.595. The van der Waals surface area contributed by atoms with Gasteiger partial charge in [0, 0.05) is 44.1 Å². The fourth-order valence-electron chi connectivity index (χ4n) is 4.95. The van der Waals surface area contributed by atoms with Gasteiger partial charge >= 0.3 is 0 Å². The van der Waals surface area contributed by atoms with E-state index in [1.807, 2.05) is 4.57 Å². The molecule has 0 spiro atoms. The molecule has 3 aromatic rings. The van der Waals surface area contributed by atoms with Crippen molar-refractivity contribution in [2.75, 3.05) is 31.1 Å². The number of nitrogens with zero attached hydrogens (tertiary/aromatic N) is 4. The van der Waals surface area contributed by atoms with Crippen LogP contribution in [0.3, 0.4) is 0 Å². The van der Waals surface area contributed by atoms with Crippen LogP contribution in [-0.4, -0.2) is 40.6 Å². The van der Waals surface area contributed by atoms with Gasteiger partial charge in [0.05, 0.1) is 5.39 Å². The van der Waals surface area contributed by atoms with Crippen LogP contribution in [0.4, 0.5) is 5.95 Å². The second kappa shape index (κ2) is 8.75. The zero-order valence-electron chi connectivity index (χ0n) is 18.7. The van der Waals surface area contributed by atoms with E-state index in [0.717, 1.165) is 74.7 Å². The molecule has 5 rings (SSSR count). The highest BCUT2D eigenvalue weighted by Gasteiger charge is 2.25. The van der Waals surface area contributed by atoms with Crippen molar-refractivity contribution in [1.82, 2.24) is 14.5 Å². The summed E-state index contributed by atoms with van der Waals surface area (Å²) in [5, 5.41) is 0.912. The van der Waals surface area contributed by atoms with Gasteiger partial charge < -0.3 is 4.90 Å². The third kappa shape index (κ3) is 4.03. The van der Waals surface area contributed by atoms with Gasteiger partial charge in [-0.1, -0.05) is 36.8 Å². The molecule has 1 fully saturated rings. The van der Waals surface area contributed by atoms with Gasteiger partial charge in [0.2, 0.25) is 5.95 Å². The number of aromatic nitrogens is 2. The fraction of sp³-hybridized carbons (Fsp3) is 0.520. The Morgan fingerprint density at radius 2 is 1.77 bits per heavy atom. The van der Waals surface area contributed by atoms with Gasteiger partial charge in [0.1, 0.15) is 4.83 Å². The van der Waals surface area contributed by atoms with E-state index in [1.165, 1.54) is 34.4 Å². The number of aryl methyl sites for hydroxylation is 3. The molecule has 0 bridgehead atoms. The van der Waals surface area contributed by atoms with Crippen LogP contribution in [0, 0.1) is 6.92 Å². The summed E-state index contributed by atoms with van der Waals surface area (Å²) in [6, 6.07) is 8.84. The highest BCUT2D eigenvalue weighted by atomic mass is 32.1. The summed E-state index contributed by atoms with van der Waals surface area (Å²) in [6.07, 6.45) is 5.52. The van der Waals surface area contributed by atoms with Gasteiger partial charge in [-0.25, -0.2) is 4.98 Å². The average molecular weight is 437 g/mol. The van der Waals surface area contributed by atoms with Crippen molar-refractivity contribution >= 4 is 27.5 Å². The van der Waals surface area contributed by atoms with Gasteiger partial charge in [0.15, 0.2) is 0 Å². The SMILES string of the molecule is CCCn1c(N2CCN(Cc3ccc(C)cc3)CC2)nc2sc3c(c2c1=O)CCCC3. The Labute approximate surface area is 188 Å². The van der Waals surface area contributed by atoms with E-state index in [0.29, 0.717) is 0 Å². The van der Waals surface area contributed by atoms with Crippen molar-refractivity contribution in [3.05, 3.63) is 56.2 Å². The number of fused-ring (bicyclic) bond motifs is 3. The molecule has 0 N–H and O–H groups in total. The monoisotopic (exact) mass is 436 g/mol. The highest BCUT2D eigenvalue weighted by molar-refractivity contribution is 7.18. The Morgan fingerprint density at radius 1 is 1.03 bits per heavy atom. The second-order valence-corrected chi connectivity index (χ2v) is 10.1. The molecule has 5 nitrogen and oxygen atoms in total. The van der Waals surface area contributed by atoms with Crippen LogP contribution in [-0.2, 0) is 25.9 Å². The number of hydrogen-bond acceptors (Lipinski definition) is 5. The minimum atomic E-state index is 0.184. The summed E-state index contributed by atoms with van der Waals surface area (Å²) in [6.45, 7) is 9.82. The molecule has 1 saturated heterocycles. The van der Waals surface area contributed by atoms with E-state index in [9.17, 15) is 4.79 Å². The van der Waals surface area contributed by atoms with Gasteiger partial charge in [0.25, 0.3) is 5.56 Å². The molecular weight excluding hydrogens is 404 g/mol. The Balaban J connectivity index is 1.40. The fourth-order valence-corrected chi connectivity index (χ4v) is 6.20. The summed E-state index contributed by atoms with van der Waals surface area (Å²) < 4.78 is 1.96. The maximum atomic E-state index is 13.5. The van der Waals surface area contributed by atoms with E-state index in [2.05, 4.69) is 47.9 Å². The van der Waals surface area contributed by atoms with Gasteiger partial charge in [-0.2, -0.15) is 0 Å². The van der Waals surface area contributed by atoms with E-state index in [1.54, 1.807) is 11.3 Å². The molecular formula is C25H32N4OS. The van der Waals surface area contributed by atoms with Crippen molar-refractivity contribution < 1.29 is 0 Å². The summed E-state index contributed by atoms with van der Waals surface area (Å²) >= 11 is 1.76. The minimum absolute atomic E-state index is 0.184. The number of anilines is 1. The molecule has 1 aliphatic carbocycles. The summed E-state index contributed by atoms with van der Waals surface area (Å²) in [7, 11) is 0. The third-order valence-corrected chi connectivity index (χ3v) is 7.87. The average Bonchev–Trinajstić information content (AvgIpc) is 3.16. The predicted molar refractivity (Wildman–Crippen MR) is 129 cm³/mol. The molecule has 1 aromatic carbocycles. The molecule has 6 heteroatoms. The van der Waals surface area contributed by atoms with Crippen LogP contribution in [0.1, 0.15) is 47.8 Å². The maximum absolute atomic E-state index is 13.5. The summed E-state index contributed by atoms with van der Waals surface area (Å²) in [5.41, 5.74) is 4.15. The first-order valence-electron chi connectivity index (χ1n) is 11.7. The molecule has 0 atom stereocenters. The van der Waals surface area contributed by atoms with Crippen molar-refractivity contribution in [3.63, 3.8) is 0 Å². The first-order chi connectivity index (χ1) is 15.1. The standard InChI is InChI=1S/C25H32N4OS/c1-3-12-29-24(30)22-20-6-4-5-7-21(20)31-23(22)26-25(29)28-15-13-27(14-16-28)17-19-10-8-18(2)9-11-19/h8-11H,3-7,12-17H2,1-2H3. The molecule has 31 heavy (non-hydrogen) atoms. The lowest BCUT2D eigenvalue weighted by molar-refractivity contribution is 0.248. The van der Waals surface area contributed by atoms with Crippen LogP contribution in [0.25, 0.3) is 10.2 Å². The Bertz CT molecular complexity index is 1120. The lowest BCUT2D eigenvalue weighted by Gasteiger charge is -2.36. The van der Waals surface area contributed by atoms with Gasteiger partial charge in [-0.3, -0.25) is 14.3 Å². The Morgan fingerprint density at radius 3 is 2.52 bits per heavy atom. The van der Waals surface area contributed by atoms with Crippen LogP contribution >= 0.6 is 11.3 Å². The lowest BCUT2D eigenvalue weighted by atomic mass is 9.97. The Hall–Kier alpha value is -2.18. The highest BCUT2D eigenvalue weighted by Crippen LogP contribution is 2.34. The smallest absolute Gasteiger partial charge is 0.263 e. The van der Waals surface area contributed by atoms with Gasteiger partial charge in [-0.05, 0) is 50.2 Å². The maximum Gasteiger partial charge on any atom is 0.263 e. The molecule has 1 aliphatic heterocycles. The van der Waals surface area contributed by atoms with Crippen molar-refractivity contribution in [3.8, 4) is 0 Å². The molecule has 0 saturated carbocycles. The van der Waals surface area contributed by atoms with Crippen LogP contribution in [0.2, 0.25) is 0 Å². The predicted octanol–water partition coefficient (Wildman–Crippen LogP) is 4.38. The summed E-state index contributed by atoms with van der Waals surface area (Å²) in [5.74, 6) is 0.882. The molecule has 3 heterocycles. The van der Waals surface area contributed by atoms with Crippen LogP contribution < -0.4 is 10.5 Å². The van der Waals surface area contributed by atoms with E-state index < -0.39 is 0 Å². The number of piperazine rings is 1. The first kappa shape index (κ1) is 20.7. The number of rotatable bonds is 5. The zero-order chi connectivity index (χ0) is 21.4. The van der Waals surface area contributed by atoms with Gasteiger partial charge in [-0.15, -0.1) is 11.3 Å². The zero-order valence-corrected chi connectivity index (χ0v) is 19.5. The number of thiophene rings is 1. The lowest BCUT2D eigenvalue weighted by Crippen LogP contribution is -2.48. The number of hydrogen-bond donors (Lipinski definition) is 0. The van der Waals surface area contributed by atoms with Crippen molar-refractivity contribution in [2.24, 2.45) is 0 Å².